The summed E-state index contributed by atoms with van der Waals surface area (Å²) in [4.78, 5) is 17.3. The molecule has 6 nitrogen and oxygen atoms in total. The van der Waals surface area contributed by atoms with E-state index in [0.717, 1.165) is 25.5 Å². The van der Waals surface area contributed by atoms with E-state index < -0.39 is 21.8 Å². The van der Waals surface area contributed by atoms with Crippen molar-refractivity contribution in [1.29, 1.82) is 0 Å². The van der Waals surface area contributed by atoms with Crippen molar-refractivity contribution >= 4 is 21.6 Å². The molecule has 0 aliphatic carbocycles. The van der Waals surface area contributed by atoms with Crippen LogP contribution in [0.25, 0.3) is 0 Å². The number of carbonyl (C=O) groups is 1. The average Bonchev–Trinajstić information content (AvgIpc) is 2.63. The first-order valence-electron chi connectivity index (χ1n) is 6.56. The maximum absolute atomic E-state index is 11.8. The first kappa shape index (κ1) is 14.8. The molecule has 20 heavy (non-hydrogen) atoms. The number of carboxylic acids is 1. The van der Waals surface area contributed by atoms with Gasteiger partial charge in [0.25, 0.3) is 0 Å². The smallest absolute Gasteiger partial charge is 0.326 e. The molecule has 2 rings (SSSR count). The highest BCUT2D eigenvalue weighted by Crippen LogP contribution is 2.28. The molecule has 0 radical (unpaired) electrons. The lowest BCUT2D eigenvalue weighted by molar-refractivity contribution is -0.138. The van der Waals surface area contributed by atoms with Crippen LogP contribution in [0.3, 0.4) is 0 Å². The highest BCUT2D eigenvalue weighted by molar-refractivity contribution is 7.90. The van der Waals surface area contributed by atoms with E-state index in [1.807, 2.05) is 0 Å². The van der Waals surface area contributed by atoms with Crippen LogP contribution in [0.2, 0.25) is 0 Å². The van der Waals surface area contributed by atoms with Crippen LogP contribution in [-0.2, 0) is 14.6 Å². The minimum atomic E-state index is -3.44. The summed E-state index contributed by atoms with van der Waals surface area (Å²) in [6.07, 6.45) is 5.73. The Morgan fingerprint density at radius 3 is 2.80 bits per heavy atom. The van der Waals surface area contributed by atoms with Gasteiger partial charge in [-0.3, -0.25) is 0 Å². The Bertz CT molecular complexity index is 600. The Hall–Kier alpha value is -1.63. The molecule has 0 aromatic carbocycles. The molecular weight excluding hydrogens is 280 g/mol. The van der Waals surface area contributed by atoms with Crippen molar-refractivity contribution in [2.24, 2.45) is 0 Å². The zero-order chi connectivity index (χ0) is 14.8. The molecule has 110 valence electrons. The third kappa shape index (κ3) is 3.09. The first-order valence-corrected chi connectivity index (χ1v) is 8.45. The molecule has 0 saturated carbocycles. The Balaban J connectivity index is 2.50. The Morgan fingerprint density at radius 1 is 1.40 bits per heavy atom. The summed E-state index contributed by atoms with van der Waals surface area (Å²) >= 11 is 0. The molecule has 0 amide bonds. The Kier molecular flexibility index (Phi) is 4.27. The van der Waals surface area contributed by atoms with Crippen LogP contribution < -0.4 is 4.90 Å². The zero-order valence-electron chi connectivity index (χ0n) is 11.3. The van der Waals surface area contributed by atoms with Gasteiger partial charge in [0.15, 0.2) is 9.84 Å². The molecule has 0 spiro atoms. The number of hydrogen-bond acceptors (Lipinski definition) is 5. The van der Waals surface area contributed by atoms with Gasteiger partial charge in [-0.05, 0) is 25.0 Å². The predicted molar refractivity (Wildman–Crippen MR) is 74.6 cm³/mol. The fourth-order valence-corrected chi connectivity index (χ4v) is 3.33. The van der Waals surface area contributed by atoms with Gasteiger partial charge < -0.3 is 10.0 Å². The van der Waals surface area contributed by atoms with E-state index in [1.54, 1.807) is 11.0 Å². The van der Waals surface area contributed by atoms with Crippen LogP contribution in [-0.4, -0.2) is 43.3 Å². The molecule has 1 aliphatic heterocycles. The van der Waals surface area contributed by atoms with Crippen LogP contribution in [0.1, 0.15) is 25.7 Å². The molecule has 7 heteroatoms. The van der Waals surface area contributed by atoms with Crippen molar-refractivity contribution in [1.82, 2.24) is 4.98 Å². The van der Waals surface area contributed by atoms with Crippen LogP contribution in [0.4, 0.5) is 5.82 Å². The van der Waals surface area contributed by atoms with Gasteiger partial charge in [0, 0.05) is 19.0 Å². The number of pyridine rings is 1. The van der Waals surface area contributed by atoms with Crippen LogP contribution >= 0.6 is 0 Å². The molecule has 1 aromatic rings. The summed E-state index contributed by atoms with van der Waals surface area (Å²) < 4.78 is 23.7. The highest BCUT2D eigenvalue weighted by atomic mass is 32.2. The number of carboxylic acid groups (broad SMARTS) is 1. The number of aromatic nitrogens is 1. The second-order valence-electron chi connectivity index (χ2n) is 4.99. The Labute approximate surface area is 118 Å². The van der Waals surface area contributed by atoms with E-state index in [2.05, 4.69) is 4.98 Å². The number of nitrogens with zero attached hydrogens (tertiary/aromatic N) is 2. The van der Waals surface area contributed by atoms with E-state index in [1.165, 1.54) is 12.3 Å². The summed E-state index contributed by atoms with van der Waals surface area (Å²) in [5, 5.41) is 9.37. The molecular formula is C13H18N2O4S. The molecule has 1 unspecified atom stereocenters. The number of rotatable bonds is 3. The summed E-state index contributed by atoms with van der Waals surface area (Å²) in [6.45, 7) is 0.510. The van der Waals surface area contributed by atoms with Gasteiger partial charge in [0.2, 0.25) is 0 Å². The van der Waals surface area contributed by atoms with E-state index in [0.29, 0.717) is 13.0 Å². The molecule has 0 bridgehead atoms. The summed E-state index contributed by atoms with van der Waals surface area (Å²) in [5.41, 5.74) is 0. The molecule has 2 heterocycles. The van der Waals surface area contributed by atoms with Crippen LogP contribution in [0, 0.1) is 0 Å². The maximum Gasteiger partial charge on any atom is 0.326 e. The van der Waals surface area contributed by atoms with Crippen molar-refractivity contribution in [3.8, 4) is 0 Å². The fraction of sp³-hybridized carbons (Fsp3) is 0.538. The number of sulfone groups is 1. The van der Waals surface area contributed by atoms with Gasteiger partial charge in [-0.1, -0.05) is 12.8 Å². The van der Waals surface area contributed by atoms with Crippen molar-refractivity contribution in [3.63, 3.8) is 0 Å². The summed E-state index contributed by atoms with van der Waals surface area (Å²) in [6, 6.07) is 2.31. The number of aliphatic carboxylic acids is 1. The van der Waals surface area contributed by atoms with E-state index in [-0.39, 0.29) is 10.7 Å². The molecule has 1 aromatic heterocycles. The van der Waals surface area contributed by atoms with E-state index in [9.17, 15) is 18.3 Å². The zero-order valence-corrected chi connectivity index (χ0v) is 12.1. The number of anilines is 1. The van der Waals surface area contributed by atoms with Crippen LogP contribution in [0.5, 0.6) is 0 Å². The predicted octanol–water partition coefficient (Wildman–Crippen LogP) is 1.32. The van der Waals surface area contributed by atoms with Crippen molar-refractivity contribution in [3.05, 3.63) is 18.3 Å². The van der Waals surface area contributed by atoms with Gasteiger partial charge in [-0.15, -0.1) is 0 Å². The third-order valence-electron chi connectivity index (χ3n) is 3.46. The summed E-state index contributed by atoms with van der Waals surface area (Å²) in [5.74, 6) is -0.679. The molecule has 1 saturated heterocycles. The topological polar surface area (TPSA) is 87.6 Å². The monoisotopic (exact) mass is 298 g/mol. The quantitative estimate of drug-likeness (QED) is 0.905. The van der Waals surface area contributed by atoms with Crippen molar-refractivity contribution in [2.75, 3.05) is 17.7 Å². The van der Waals surface area contributed by atoms with Crippen LogP contribution in [0.15, 0.2) is 23.2 Å². The lowest BCUT2D eigenvalue weighted by atomic mass is 10.1. The van der Waals surface area contributed by atoms with Crippen molar-refractivity contribution in [2.45, 2.75) is 36.6 Å². The minimum Gasteiger partial charge on any atom is -0.480 e. The third-order valence-corrected chi connectivity index (χ3v) is 4.58. The largest absolute Gasteiger partial charge is 0.480 e. The molecule has 1 atom stereocenters. The first-order chi connectivity index (χ1) is 9.41. The van der Waals surface area contributed by atoms with Gasteiger partial charge in [0.1, 0.15) is 16.8 Å². The van der Waals surface area contributed by atoms with Gasteiger partial charge in [0.05, 0.1) is 0 Å². The molecule has 1 N–H and O–H groups in total. The Morgan fingerprint density at radius 2 is 2.15 bits per heavy atom. The van der Waals surface area contributed by atoms with Gasteiger partial charge >= 0.3 is 5.97 Å². The van der Waals surface area contributed by atoms with E-state index in [4.69, 9.17) is 0 Å². The number of hydrogen-bond donors (Lipinski definition) is 1. The second-order valence-corrected chi connectivity index (χ2v) is 6.98. The highest BCUT2D eigenvalue weighted by Gasteiger charge is 2.31. The normalized spacial score (nSPS) is 20.4. The van der Waals surface area contributed by atoms with Gasteiger partial charge in [-0.25, -0.2) is 18.2 Å². The molecule has 1 fully saturated rings. The fourth-order valence-electron chi connectivity index (χ4n) is 2.51. The molecule has 1 aliphatic rings. The van der Waals surface area contributed by atoms with E-state index >= 15 is 0 Å². The standard InChI is InChI=1S/C13H18N2O4S/c1-20(18,19)11-7-5-8-14-12(11)15-9-4-2-3-6-10(15)13(16)17/h5,7-8,10H,2-4,6,9H2,1H3,(H,16,17). The second kappa shape index (κ2) is 5.78. The lowest BCUT2D eigenvalue weighted by Crippen LogP contribution is -2.42. The SMILES string of the molecule is CS(=O)(=O)c1cccnc1N1CCCCCC1C(=O)O. The maximum atomic E-state index is 11.8. The van der Waals surface area contributed by atoms with Crippen molar-refractivity contribution < 1.29 is 18.3 Å². The average molecular weight is 298 g/mol. The lowest BCUT2D eigenvalue weighted by Gasteiger charge is -2.29. The minimum absolute atomic E-state index is 0.0909. The summed E-state index contributed by atoms with van der Waals surface area (Å²) in [7, 11) is -3.44. The van der Waals surface area contributed by atoms with Gasteiger partial charge in [-0.2, -0.15) is 0 Å².